The molecule has 2 N–H and O–H groups in total. The van der Waals surface area contributed by atoms with Gasteiger partial charge in [0.15, 0.2) is 0 Å². The highest BCUT2D eigenvalue weighted by Crippen LogP contribution is 2.25. The van der Waals surface area contributed by atoms with E-state index in [-0.39, 0.29) is 5.91 Å². The molecule has 3 nitrogen and oxygen atoms in total. The molecule has 0 atom stereocenters. The maximum absolute atomic E-state index is 11.6. The molecular weight excluding hydrogens is 272 g/mol. The number of halogens is 1. The van der Waals surface area contributed by atoms with Gasteiger partial charge < -0.3 is 10.6 Å². The third kappa shape index (κ3) is 4.00. The summed E-state index contributed by atoms with van der Waals surface area (Å²) in [4.78, 5) is 11.6. The molecule has 0 bridgehead atoms. The quantitative estimate of drug-likeness (QED) is 0.805. The average Bonchev–Trinajstić information content (AvgIpc) is 2.44. The zero-order chi connectivity index (χ0) is 14.4. The van der Waals surface area contributed by atoms with Crippen molar-refractivity contribution in [2.24, 2.45) is 0 Å². The number of benzene rings is 2. The van der Waals surface area contributed by atoms with Crippen LogP contribution >= 0.6 is 11.6 Å². The molecule has 20 heavy (non-hydrogen) atoms. The fraction of sp³-hybridized carbons (Fsp3) is 0.188. The van der Waals surface area contributed by atoms with Crippen molar-refractivity contribution in [3.05, 3.63) is 54.1 Å². The van der Waals surface area contributed by atoms with Crippen LogP contribution in [0.3, 0.4) is 0 Å². The number of carbonyl (C=O) groups excluding carboxylic acids is 1. The molecule has 0 unspecified atom stereocenters. The lowest BCUT2D eigenvalue weighted by Crippen LogP contribution is -2.12. The molecule has 2 rings (SSSR count). The number of nitrogens with one attached hydrogen (secondary N) is 2. The Labute approximate surface area is 124 Å². The highest BCUT2D eigenvalue weighted by molar-refractivity contribution is 6.19. The molecule has 0 fully saturated rings. The number of carbonyl (C=O) groups is 1. The first-order chi connectivity index (χ1) is 9.69. The van der Waals surface area contributed by atoms with Gasteiger partial charge in [-0.3, -0.25) is 4.79 Å². The van der Waals surface area contributed by atoms with E-state index in [0.29, 0.717) is 12.3 Å². The van der Waals surface area contributed by atoms with E-state index >= 15 is 0 Å². The summed E-state index contributed by atoms with van der Waals surface area (Å²) in [5, 5.41) is 6.16. The van der Waals surface area contributed by atoms with Crippen molar-refractivity contribution in [2.45, 2.75) is 13.3 Å². The van der Waals surface area contributed by atoms with Gasteiger partial charge >= 0.3 is 0 Å². The van der Waals surface area contributed by atoms with Gasteiger partial charge in [0.25, 0.3) is 0 Å². The Morgan fingerprint density at radius 1 is 1.05 bits per heavy atom. The molecule has 2 aromatic carbocycles. The van der Waals surface area contributed by atoms with Crippen LogP contribution in [0.1, 0.15) is 12.0 Å². The highest BCUT2D eigenvalue weighted by Gasteiger charge is 2.06. The topological polar surface area (TPSA) is 41.1 Å². The zero-order valence-electron chi connectivity index (χ0n) is 11.3. The van der Waals surface area contributed by atoms with Gasteiger partial charge in [-0.15, -0.1) is 11.6 Å². The van der Waals surface area contributed by atoms with Crippen molar-refractivity contribution in [1.82, 2.24) is 0 Å². The minimum Gasteiger partial charge on any atom is -0.354 e. The zero-order valence-corrected chi connectivity index (χ0v) is 12.1. The number of aryl methyl sites for hydroxylation is 1. The molecule has 104 valence electrons. The lowest BCUT2D eigenvalue weighted by Gasteiger charge is -2.13. The molecule has 0 saturated heterocycles. The third-order valence-corrected chi connectivity index (χ3v) is 3.04. The molecule has 0 spiro atoms. The van der Waals surface area contributed by atoms with E-state index in [1.807, 2.05) is 55.5 Å². The van der Waals surface area contributed by atoms with E-state index in [0.717, 1.165) is 17.1 Å². The van der Waals surface area contributed by atoms with Crippen LogP contribution < -0.4 is 10.6 Å². The number of alkyl halides is 1. The molecule has 0 aliphatic carbocycles. The minimum absolute atomic E-state index is 0.0850. The monoisotopic (exact) mass is 288 g/mol. The predicted molar refractivity (Wildman–Crippen MR) is 84.9 cm³/mol. The summed E-state index contributed by atoms with van der Waals surface area (Å²) in [6.45, 7) is 2.05. The number of anilines is 3. The van der Waals surface area contributed by atoms with E-state index in [4.69, 9.17) is 11.6 Å². The van der Waals surface area contributed by atoms with Crippen LogP contribution in [0.5, 0.6) is 0 Å². The molecule has 0 aromatic heterocycles. The number of amides is 1. The normalized spacial score (nSPS) is 10.1. The third-order valence-electron chi connectivity index (χ3n) is 2.85. The van der Waals surface area contributed by atoms with Gasteiger partial charge in [0.2, 0.25) is 5.91 Å². The number of para-hydroxylation sites is 2. The van der Waals surface area contributed by atoms with Crippen molar-refractivity contribution in [1.29, 1.82) is 0 Å². The summed E-state index contributed by atoms with van der Waals surface area (Å²) < 4.78 is 0. The Kier molecular flexibility index (Phi) is 5.02. The van der Waals surface area contributed by atoms with Crippen molar-refractivity contribution in [3.8, 4) is 0 Å². The SMILES string of the molecule is Cc1ccc(Nc2ccccc2NC(=O)CCCl)cc1. The van der Waals surface area contributed by atoms with Crippen LogP contribution in [0.25, 0.3) is 0 Å². The molecular formula is C16H17ClN2O. The van der Waals surface area contributed by atoms with Gasteiger partial charge in [-0.25, -0.2) is 0 Å². The minimum atomic E-state index is -0.0850. The molecule has 2 aromatic rings. The molecule has 4 heteroatoms. The van der Waals surface area contributed by atoms with E-state index in [2.05, 4.69) is 10.6 Å². The summed E-state index contributed by atoms with van der Waals surface area (Å²) in [5.74, 6) is 0.234. The second-order valence-electron chi connectivity index (χ2n) is 4.52. The van der Waals surface area contributed by atoms with E-state index in [1.54, 1.807) is 0 Å². The van der Waals surface area contributed by atoms with Gasteiger partial charge in [0, 0.05) is 18.0 Å². The van der Waals surface area contributed by atoms with Crippen LogP contribution in [0, 0.1) is 6.92 Å². The van der Waals surface area contributed by atoms with E-state index in [1.165, 1.54) is 5.56 Å². The second kappa shape index (κ2) is 6.96. The Balaban J connectivity index is 2.15. The summed E-state index contributed by atoms with van der Waals surface area (Å²) in [6.07, 6.45) is 0.306. The molecule has 0 aliphatic rings. The van der Waals surface area contributed by atoms with Gasteiger partial charge in [-0.1, -0.05) is 29.8 Å². The smallest absolute Gasteiger partial charge is 0.225 e. The average molecular weight is 289 g/mol. The van der Waals surface area contributed by atoms with Crippen LogP contribution in [0.4, 0.5) is 17.1 Å². The molecule has 0 aliphatic heterocycles. The highest BCUT2D eigenvalue weighted by atomic mass is 35.5. The van der Waals surface area contributed by atoms with Gasteiger partial charge in [0.05, 0.1) is 11.4 Å². The summed E-state index contributed by atoms with van der Waals surface area (Å²) in [7, 11) is 0. The maximum Gasteiger partial charge on any atom is 0.225 e. The maximum atomic E-state index is 11.6. The first kappa shape index (κ1) is 14.4. The van der Waals surface area contributed by atoms with Gasteiger partial charge in [0.1, 0.15) is 0 Å². The fourth-order valence-corrected chi connectivity index (χ4v) is 1.96. The number of rotatable bonds is 5. The standard InChI is InChI=1S/C16H17ClN2O/c1-12-6-8-13(9-7-12)18-14-4-2-3-5-15(14)19-16(20)10-11-17/h2-9,18H,10-11H2,1H3,(H,19,20). The summed E-state index contributed by atoms with van der Waals surface area (Å²) in [5.41, 5.74) is 3.80. The van der Waals surface area contributed by atoms with Crippen molar-refractivity contribution >= 4 is 34.6 Å². The number of hydrogen-bond donors (Lipinski definition) is 2. The lowest BCUT2D eigenvalue weighted by atomic mass is 10.2. The first-order valence-corrected chi connectivity index (χ1v) is 7.01. The first-order valence-electron chi connectivity index (χ1n) is 6.47. The van der Waals surface area contributed by atoms with Crippen molar-refractivity contribution < 1.29 is 4.79 Å². The van der Waals surface area contributed by atoms with E-state index < -0.39 is 0 Å². The fourth-order valence-electron chi connectivity index (χ4n) is 1.79. The second-order valence-corrected chi connectivity index (χ2v) is 4.90. The Hall–Kier alpha value is -2.00. The largest absolute Gasteiger partial charge is 0.354 e. The van der Waals surface area contributed by atoms with Crippen LogP contribution in [0.15, 0.2) is 48.5 Å². The Bertz CT molecular complexity index is 581. The van der Waals surface area contributed by atoms with Crippen LogP contribution in [-0.4, -0.2) is 11.8 Å². The molecule has 0 heterocycles. The Morgan fingerprint density at radius 2 is 1.70 bits per heavy atom. The molecule has 1 amide bonds. The number of hydrogen-bond acceptors (Lipinski definition) is 2. The summed E-state index contributed by atoms with van der Waals surface area (Å²) >= 11 is 5.57. The molecule has 0 saturated carbocycles. The van der Waals surface area contributed by atoms with E-state index in [9.17, 15) is 4.79 Å². The Morgan fingerprint density at radius 3 is 2.35 bits per heavy atom. The van der Waals surface area contributed by atoms with Crippen LogP contribution in [-0.2, 0) is 4.79 Å². The van der Waals surface area contributed by atoms with Gasteiger partial charge in [-0.2, -0.15) is 0 Å². The van der Waals surface area contributed by atoms with Crippen LogP contribution in [0.2, 0.25) is 0 Å². The summed E-state index contributed by atoms with van der Waals surface area (Å²) in [6, 6.07) is 15.7. The predicted octanol–water partition coefficient (Wildman–Crippen LogP) is 4.31. The molecule has 0 radical (unpaired) electrons. The lowest BCUT2D eigenvalue weighted by molar-refractivity contribution is -0.115. The van der Waals surface area contributed by atoms with Crippen molar-refractivity contribution in [3.63, 3.8) is 0 Å². The van der Waals surface area contributed by atoms with Crippen molar-refractivity contribution in [2.75, 3.05) is 16.5 Å². The van der Waals surface area contributed by atoms with Gasteiger partial charge in [-0.05, 0) is 31.2 Å².